The number of methoxy groups -OCH3 is 1. The molecule has 0 fully saturated rings. The van der Waals surface area contributed by atoms with E-state index in [0.717, 1.165) is 14.0 Å². The average Bonchev–Trinajstić information content (AvgIpc) is 3.13. The molecule has 55 heavy (non-hydrogen) atoms. The number of rotatable bonds is 2. The molecule has 15 heteroatoms. The van der Waals surface area contributed by atoms with Crippen LogP contribution in [-0.4, -0.2) is 98.2 Å². The van der Waals surface area contributed by atoms with Crippen LogP contribution < -0.4 is 10.1 Å². The Morgan fingerprint density at radius 1 is 0.909 bits per heavy atom. The van der Waals surface area contributed by atoms with E-state index in [4.69, 9.17) is 18.9 Å². The van der Waals surface area contributed by atoms with Gasteiger partial charge in [0.1, 0.15) is 28.8 Å². The first-order valence-electron chi connectivity index (χ1n) is 17.8. The van der Waals surface area contributed by atoms with Crippen LogP contribution in [0.15, 0.2) is 52.5 Å². The first-order chi connectivity index (χ1) is 25.6. The van der Waals surface area contributed by atoms with Crippen molar-refractivity contribution in [1.82, 2.24) is 0 Å². The minimum absolute atomic E-state index is 0.00256. The Morgan fingerprint density at radius 3 is 2.11 bits per heavy atom. The number of ether oxygens (including phenoxy) is 4. The maximum atomic E-state index is 14.0. The summed E-state index contributed by atoms with van der Waals surface area (Å²) in [5.74, 6) is -8.68. The van der Waals surface area contributed by atoms with Crippen molar-refractivity contribution in [1.29, 1.82) is 0 Å². The van der Waals surface area contributed by atoms with Gasteiger partial charge in [0.05, 0.1) is 48.3 Å². The topological polar surface area (TPSA) is 239 Å². The monoisotopic (exact) mass is 769 g/mol. The fourth-order valence-electron chi connectivity index (χ4n) is 7.28. The molecule has 300 valence electrons. The van der Waals surface area contributed by atoms with E-state index >= 15 is 0 Å². The van der Waals surface area contributed by atoms with E-state index in [9.17, 15) is 49.8 Å². The number of phenolic OH excluding ortho intramolecular Hbond substituents is 1. The molecule has 5 rings (SSSR count). The number of fused-ring (bicyclic) bond motifs is 14. The number of esters is 2. The Morgan fingerprint density at radius 2 is 1.51 bits per heavy atom. The second-order valence-corrected chi connectivity index (χ2v) is 14.7. The molecule has 3 heterocycles. The number of Topliss-reactive ketones (excluding diaryl/α,β-unsaturated/α-hetero) is 1. The van der Waals surface area contributed by atoms with Crippen LogP contribution in [0, 0.1) is 30.6 Å². The number of benzene rings is 1. The number of aromatic hydroxyl groups is 1. The highest BCUT2D eigenvalue weighted by Gasteiger charge is 2.47. The summed E-state index contributed by atoms with van der Waals surface area (Å²) in [4.78, 5) is 53.0. The molecular weight excluding hydrogens is 718 g/mol. The Balaban J connectivity index is 2.07. The van der Waals surface area contributed by atoms with Crippen LogP contribution in [0.1, 0.15) is 76.9 Å². The summed E-state index contributed by atoms with van der Waals surface area (Å²) in [7, 11) is 1.06. The summed E-state index contributed by atoms with van der Waals surface area (Å²) in [5.41, 5.74) is -2.34. The van der Waals surface area contributed by atoms with E-state index in [-0.39, 0.29) is 61.9 Å². The molecule has 1 aliphatic carbocycles. The molecule has 3 aliphatic heterocycles. The van der Waals surface area contributed by atoms with E-state index in [1.54, 1.807) is 13.0 Å². The lowest BCUT2D eigenvalue weighted by molar-refractivity contribution is -0.168. The molecule has 0 saturated heterocycles. The minimum atomic E-state index is -2.17. The van der Waals surface area contributed by atoms with Crippen LogP contribution in [-0.2, 0) is 28.6 Å². The molecule has 9 atom stereocenters. The number of anilines is 1. The lowest BCUT2D eigenvalue weighted by Crippen LogP contribution is -2.53. The largest absolute Gasteiger partial charge is 0.505 e. The van der Waals surface area contributed by atoms with E-state index in [0.29, 0.717) is 0 Å². The molecule has 9 unspecified atom stereocenters. The SMILES string of the molecule is COC(=O)C1C(O)C(C)C(O)C(C)/C=C\C=C(/C)C(=O)Nc2c(C)c(OC(C)=O)c3c(c2O)C(=O)C(C)=C2OCOC(=C23)/C(C)=C\C(C)(O)C(O)C(C)C1O. The highest BCUT2D eigenvalue weighted by molar-refractivity contribution is 6.21. The van der Waals surface area contributed by atoms with Gasteiger partial charge in [-0.1, -0.05) is 39.0 Å². The van der Waals surface area contributed by atoms with Crippen LogP contribution in [0.5, 0.6) is 11.5 Å². The lowest BCUT2D eigenvalue weighted by Gasteiger charge is -2.39. The normalized spacial score (nSPS) is 33.3. The molecule has 7 N–H and O–H groups in total. The zero-order valence-corrected chi connectivity index (χ0v) is 32.6. The Hall–Kier alpha value is -4.80. The van der Waals surface area contributed by atoms with E-state index in [2.05, 4.69) is 5.32 Å². The van der Waals surface area contributed by atoms with E-state index < -0.39 is 89.9 Å². The van der Waals surface area contributed by atoms with Crippen molar-refractivity contribution in [2.24, 2.45) is 23.7 Å². The van der Waals surface area contributed by atoms with Crippen LogP contribution in [0.4, 0.5) is 5.69 Å². The van der Waals surface area contributed by atoms with Crippen LogP contribution in [0.3, 0.4) is 0 Å². The van der Waals surface area contributed by atoms with Gasteiger partial charge in [0, 0.05) is 47.0 Å². The van der Waals surface area contributed by atoms with Gasteiger partial charge < -0.3 is 54.9 Å². The van der Waals surface area contributed by atoms with Crippen LogP contribution in [0.25, 0.3) is 5.57 Å². The number of ketones is 1. The summed E-state index contributed by atoms with van der Waals surface area (Å²) in [6.07, 6.45) is -0.878. The van der Waals surface area contributed by atoms with Crippen LogP contribution >= 0.6 is 0 Å². The van der Waals surface area contributed by atoms with Crippen molar-refractivity contribution in [3.8, 4) is 11.5 Å². The van der Waals surface area contributed by atoms with Gasteiger partial charge in [0.2, 0.25) is 6.79 Å². The quantitative estimate of drug-likeness (QED) is 0.130. The first kappa shape index (κ1) is 42.9. The predicted molar refractivity (Wildman–Crippen MR) is 198 cm³/mol. The minimum Gasteiger partial charge on any atom is -0.505 e. The number of phenols is 1. The second kappa shape index (κ2) is 16.5. The standard InChI is InChI=1S/C40H51NO14/c1-16-12-11-13-17(2)38(49)41-28-19(4)36(55-23(8)42)24-25(33(28)47)31(45)21(6)35-26(24)34(53-15-54-35)18(3)14-40(9,51)37(48)22(7)32(46)27(39(50)52-10)30(44)20(5)29(16)43/h11-14,16,20,22,27,29-30,32,37,43-44,46-48,51H,15H2,1-10H3,(H,41,49)/b12-11-,17-13+,18-14-. The molecule has 1 aromatic rings. The second-order valence-electron chi connectivity index (χ2n) is 14.7. The number of nitrogens with one attached hydrogen (secondary N) is 1. The lowest BCUT2D eigenvalue weighted by atomic mass is 9.75. The maximum absolute atomic E-state index is 14.0. The van der Waals surface area contributed by atoms with Gasteiger partial charge in [0.15, 0.2) is 11.5 Å². The molecule has 4 bridgehead atoms. The summed E-state index contributed by atoms with van der Waals surface area (Å²) in [5, 5.41) is 71.8. The van der Waals surface area contributed by atoms with E-state index in [1.807, 2.05) is 0 Å². The van der Waals surface area contributed by atoms with Gasteiger partial charge >= 0.3 is 11.9 Å². The maximum Gasteiger partial charge on any atom is 0.313 e. The molecule has 0 aromatic heterocycles. The number of hydrogen-bond donors (Lipinski definition) is 7. The van der Waals surface area contributed by atoms with Crippen LogP contribution in [0.2, 0.25) is 0 Å². The molecule has 1 amide bonds. The summed E-state index contributed by atoms with van der Waals surface area (Å²) >= 11 is 0. The van der Waals surface area contributed by atoms with Crippen molar-refractivity contribution >= 4 is 34.9 Å². The number of hydrogen-bond acceptors (Lipinski definition) is 14. The Kier molecular flexibility index (Phi) is 12.9. The average molecular weight is 770 g/mol. The van der Waals surface area contributed by atoms with Crippen molar-refractivity contribution in [2.75, 3.05) is 19.2 Å². The molecule has 0 radical (unpaired) electrons. The van der Waals surface area contributed by atoms with Crippen molar-refractivity contribution in [3.63, 3.8) is 0 Å². The fraction of sp³-hybridized carbons (Fsp3) is 0.500. The summed E-state index contributed by atoms with van der Waals surface area (Å²) < 4.78 is 22.3. The Bertz CT molecular complexity index is 1920. The highest BCUT2D eigenvalue weighted by atomic mass is 16.7. The van der Waals surface area contributed by atoms with Gasteiger partial charge in [-0.05, 0) is 46.3 Å². The zero-order chi connectivity index (χ0) is 41.4. The number of carbonyl (C=O) groups is 4. The van der Waals surface area contributed by atoms with Crippen molar-refractivity contribution in [2.45, 2.75) is 92.3 Å². The highest BCUT2D eigenvalue weighted by Crippen LogP contribution is 2.53. The zero-order valence-electron chi connectivity index (χ0n) is 32.6. The van der Waals surface area contributed by atoms with Gasteiger partial charge in [-0.2, -0.15) is 0 Å². The number of aliphatic hydroxyl groups excluding tert-OH is 4. The third-order valence-electron chi connectivity index (χ3n) is 10.6. The van der Waals surface area contributed by atoms with Gasteiger partial charge in [-0.25, -0.2) is 0 Å². The summed E-state index contributed by atoms with van der Waals surface area (Å²) in [6, 6.07) is 0. The number of amides is 1. The van der Waals surface area contributed by atoms with Gasteiger partial charge in [-0.15, -0.1) is 0 Å². The molecule has 15 nitrogen and oxygen atoms in total. The summed E-state index contributed by atoms with van der Waals surface area (Å²) in [6.45, 7) is 12.3. The van der Waals surface area contributed by atoms with E-state index in [1.165, 1.54) is 66.7 Å². The van der Waals surface area contributed by atoms with Gasteiger partial charge in [0.25, 0.3) is 5.91 Å². The molecule has 0 spiro atoms. The first-order valence-corrected chi connectivity index (χ1v) is 17.8. The molecule has 0 saturated carbocycles. The number of allylic oxidation sites excluding steroid dienone is 5. The van der Waals surface area contributed by atoms with Crippen molar-refractivity contribution in [3.05, 3.63) is 69.2 Å². The number of carbonyl (C=O) groups excluding carboxylic acids is 4. The van der Waals surface area contributed by atoms with Crippen molar-refractivity contribution < 1.29 is 68.8 Å². The molecular formula is C40H51NO14. The smallest absolute Gasteiger partial charge is 0.313 e. The third kappa shape index (κ3) is 8.12. The predicted octanol–water partition coefficient (Wildman–Crippen LogP) is 3.10. The molecule has 1 aromatic carbocycles. The molecule has 4 aliphatic rings. The third-order valence-corrected chi connectivity index (χ3v) is 10.6. The number of aliphatic hydroxyl groups is 5. The van der Waals surface area contributed by atoms with Gasteiger partial charge in [-0.3, -0.25) is 19.2 Å². The Labute approximate surface area is 319 Å². The fourth-order valence-corrected chi connectivity index (χ4v) is 7.28.